The summed E-state index contributed by atoms with van der Waals surface area (Å²) in [6.45, 7) is 5.83. The Balaban J connectivity index is 0.00000261. The molecular formula is C19H29ClN4O3. The zero-order valence-corrected chi connectivity index (χ0v) is 16.4. The van der Waals surface area contributed by atoms with Gasteiger partial charge in [-0.25, -0.2) is 0 Å². The van der Waals surface area contributed by atoms with Gasteiger partial charge in [0.1, 0.15) is 0 Å². The number of rotatable bonds is 6. The molecule has 0 atom stereocenters. The Kier molecular flexibility index (Phi) is 8.31. The third-order valence-electron chi connectivity index (χ3n) is 5.47. The average Bonchev–Trinajstić information content (AvgIpc) is 2.67. The molecule has 3 heterocycles. The van der Waals surface area contributed by atoms with Crippen LogP contribution in [0.4, 0.5) is 5.69 Å². The Labute approximate surface area is 166 Å². The summed E-state index contributed by atoms with van der Waals surface area (Å²) in [7, 11) is 0. The number of piperidine rings is 1. The number of halogens is 1. The van der Waals surface area contributed by atoms with E-state index < -0.39 is 5.97 Å². The normalized spacial score (nSPS) is 18.8. The monoisotopic (exact) mass is 396 g/mol. The second-order valence-electron chi connectivity index (χ2n) is 7.21. The molecule has 0 radical (unpaired) electrons. The predicted octanol–water partition coefficient (Wildman–Crippen LogP) is 1.73. The number of nitrogens with zero attached hydrogens (tertiary/aromatic N) is 4. The van der Waals surface area contributed by atoms with Crippen LogP contribution < -0.4 is 4.90 Å². The number of hydrogen-bond acceptors (Lipinski definition) is 5. The van der Waals surface area contributed by atoms with Crippen molar-refractivity contribution in [2.75, 3.05) is 50.7 Å². The van der Waals surface area contributed by atoms with Gasteiger partial charge in [0, 0.05) is 63.6 Å². The van der Waals surface area contributed by atoms with Gasteiger partial charge in [-0.1, -0.05) is 0 Å². The summed E-state index contributed by atoms with van der Waals surface area (Å²) in [6, 6.07) is 4.01. The number of aromatic nitrogens is 1. The molecule has 8 heteroatoms. The van der Waals surface area contributed by atoms with Crippen molar-refractivity contribution in [3.8, 4) is 0 Å². The highest BCUT2D eigenvalue weighted by Gasteiger charge is 2.24. The lowest BCUT2D eigenvalue weighted by atomic mass is 9.93. The molecule has 2 aliphatic rings. The molecule has 0 spiro atoms. The maximum Gasteiger partial charge on any atom is 0.303 e. The second kappa shape index (κ2) is 10.5. The summed E-state index contributed by atoms with van der Waals surface area (Å²) in [5.74, 6) is -0.183. The van der Waals surface area contributed by atoms with Crippen LogP contribution in [0.15, 0.2) is 24.5 Å². The molecule has 2 saturated heterocycles. The van der Waals surface area contributed by atoms with Crippen molar-refractivity contribution in [1.29, 1.82) is 0 Å². The van der Waals surface area contributed by atoms with Gasteiger partial charge in [0.15, 0.2) is 0 Å². The molecule has 7 nitrogen and oxygen atoms in total. The zero-order chi connectivity index (χ0) is 18.4. The molecule has 0 saturated carbocycles. The van der Waals surface area contributed by atoms with E-state index in [1.807, 2.05) is 17.0 Å². The van der Waals surface area contributed by atoms with Gasteiger partial charge < -0.3 is 19.8 Å². The molecule has 0 bridgehead atoms. The van der Waals surface area contributed by atoms with E-state index in [0.29, 0.717) is 12.3 Å². The number of carboxylic acid groups (broad SMARTS) is 1. The summed E-state index contributed by atoms with van der Waals surface area (Å²) in [5.41, 5.74) is 1.16. The van der Waals surface area contributed by atoms with Crippen molar-refractivity contribution in [2.24, 2.45) is 5.92 Å². The van der Waals surface area contributed by atoms with Crippen molar-refractivity contribution in [3.05, 3.63) is 24.5 Å². The maximum absolute atomic E-state index is 12.5. The van der Waals surface area contributed by atoms with Crippen LogP contribution in [-0.2, 0) is 9.59 Å². The maximum atomic E-state index is 12.5. The van der Waals surface area contributed by atoms with E-state index in [-0.39, 0.29) is 24.7 Å². The Morgan fingerprint density at radius 2 is 1.67 bits per heavy atom. The fourth-order valence-electron chi connectivity index (χ4n) is 3.84. The first kappa shape index (κ1) is 21.4. The molecule has 0 unspecified atom stereocenters. The Morgan fingerprint density at radius 3 is 2.26 bits per heavy atom. The number of carbonyl (C=O) groups is 2. The molecule has 0 aromatic carbocycles. The molecule has 0 aliphatic carbocycles. The van der Waals surface area contributed by atoms with Crippen LogP contribution in [-0.4, -0.2) is 77.6 Å². The number of aliphatic carboxylic acids is 1. The third kappa shape index (κ3) is 6.36. The van der Waals surface area contributed by atoms with Crippen molar-refractivity contribution in [2.45, 2.75) is 25.7 Å². The molecule has 2 aliphatic heterocycles. The predicted molar refractivity (Wildman–Crippen MR) is 106 cm³/mol. The highest BCUT2D eigenvalue weighted by Crippen LogP contribution is 2.21. The lowest BCUT2D eigenvalue weighted by Crippen LogP contribution is -2.49. The molecule has 1 aromatic heterocycles. The van der Waals surface area contributed by atoms with Crippen LogP contribution >= 0.6 is 12.4 Å². The van der Waals surface area contributed by atoms with Crippen LogP contribution in [0, 0.1) is 5.92 Å². The van der Waals surface area contributed by atoms with E-state index in [4.69, 9.17) is 5.11 Å². The van der Waals surface area contributed by atoms with E-state index >= 15 is 0 Å². The lowest BCUT2D eigenvalue weighted by Gasteiger charge is -2.37. The van der Waals surface area contributed by atoms with Gasteiger partial charge >= 0.3 is 5.97 Å². The topological polar surface area (TPSA) is 77.0 Å². The molecular weight excluding hydrogens is 368 g/mol. The lowest BCUT2D eigenvalue weighted by molar-refractivity contribution is -0.138. The Morgan fingerprint density at radius 1 is 1.04 bits per heavy atom. The quantitative estimate of drug-likeness (QED) is 0.789. The number of pyridine rings is 1. The van der Waals surface area contributed by atoms with Gasteiger partial charge in [0.2, 0.25) is 5.91 Å². The summed E-state index contributed by atoms with van der Waals surface area (Å²) in [4.78, 5) is 33.9. The molecule has 150 valence electrons. The number of piperazine rings is 1. The third-order valence-corrected chi connectivity index (χ3v) is 5.47. The second-order valence-corrected chi connectivity index (χ2v) is 7.21. The van der Waals surface area contributed by atoms with Crippen LogP contribution in [0.2, 0.25) is 0 Å². The van der Waals surface area contributed by atoms with E-state index in [2.05, 4.69) is 14.8 Å². The first-order valence-corrected chi connectivity index (χ1v) is 9.48. The first-order chi connectivity index (χ1) is 12.6. The Hall–Kier alpha value is -1.86. The van der Waals surface area contributed by atoms with Gasteiger partial charge in [0.25, 0.3) is 0 Å². The molecule has 1 amide bonds. The fourth-order valence-corrected chi connectivity index (χ4v) is 3.84. The van der Waals surface area contributed by atoms with Crippen molar-refractivity contribution >= 4 is 30.0 Å². The van der Waals surface area contributed by atoms with Gasteiger partial charge in [0.05, 0.1) is 0 Å². The largest absolute Gasteiger partial charge is 0.481 e. The van der Waals surface area contributed by atoms with Crippen molar-refractivity contribution in [3.63, 3.8) is 0 Å². The summed E-state index contributed by atoms with van der Waals surface area (Å²) >= 11 is 0. The van der Waals surface area contributed by atoms with E-state index in [1.165, 1.54) is 0 Å². The zero-order valence-electron chi connectivity index (χ0n) is 15.6. The van der Waals surface area contributed by atoms with E-state index in [1.54, 1.807) is 12.4 Å². The molecule has 2 fully saturated rings. The van der Waals surface area contributed by atoms with Gasteiger partial charge in [-0.05, 0) is 44.0 Å². The SMILES string of the molecule is Cl.O=C(O)CC1CCN(CCC(=O)N2CCN(c3ccncc3)CC2)CC1. The molecule has 1 N–H and O–H groups in total. The number of carboxylic acids is 1. The summed E-state index contributed by atoms with van der Waals surface area (Å²) < 4.78 is 0. The summed E-state index contributed by atoms with van der Waals surface area (Å²) in [5, 5.41) is 8.87. The number of anilines is 1. The molecule has 1 aromatic rings. The average molecular weight is 397 g/mol. The van der Waals surface area contributed by atoms with Gasteiger partial charge in [-0.15, -0.1) is 12.4 Å². The number of carbonyl (C=O) groups excluding carboxylic acids is 1. The molecule has 3 rings (SSSR count). The van der Waals surface area contributed by atoms with Crippen molar-refractivity contribution in [1.82, 2.24) is 14.8 Å². The van der Waals surface area contributed by atoms with Gasteiger partial charge in [-0.2, -0.15) is 0 Å². The minimum atomic E-state index is -0.704. The smallest absolute Gasteiger partial charge is 0.303 e. The van der Waals surface area contributed by atoms with Crippen LogP contribution in [0.5, 0.6) is 0 Å². The summed E-state index contributed by atoms with van der Waals surface area (Å²) in [6.07, 6.45) is 6.27. The van der Waals surface area contributed by atoms with Gasteiger partial charge in [-0.3, -0.25) is 14.6 Å². The fraction of sp³-hybridized carbons (Fsp3) is 0.632. The van der Waals surface area contributed by atoms with E-state index in [9.17, 15) is 9.59 Å². The Bertz CT molecular complexity index is 600. The van der Waals surface area contributed by atoms with Crippen LogP contribution in [0.1, 0.15) is 25.7 Å². The number of hydrogen-bond donors (Lipinski definition) is 1. The number of amides is 1. The van der Waals surface area contributed by atoms with Crippen LogP contribution in [0.3, 0.4) is 0 Å². The number of likely N-dealkylation sites (tertiary alicyclic amines) is 1. The first-order valence-electron chi connectivity index (χ1n) is 9.48. The highest BCUT2D eigenvalue weighted by atomic mass is 35.5. The van der Waals surface area contributed by atoms with Crippen LogP contribution in [0.25, 0.3) is 0 Å². The molecule has 27 heavy (non-hydrogen) atoms. The minimum Gasteiger partial charge on any atom is -0.481 e. The van der Waals surface area contributed by atoms with E-state index in [0.717, 1.165) is 64.3 Å². The highest BCUT2D eigenvalue weighted by molar-refractivity contribution is 5.85. The standard InChI is InChI=1S/C19H28N4O3.ClH/c24-18(5-10-21-8-3-16(4-9-21)15-19(25)26)23-13-11-22(12-14-23)17-1-6-20-7-2-17;/h1-2,6-7,16H,3-5,8-15H2,(H,25,26);1H. The van der Waals surface area contributed by atoms with Crippen molar-refractivity contribution < 1.29 is 14.7 Å². The minimum absolute atomic E-state index is 0.